The summed E-state index contributed by atoms with van der Waals surface area (Å²) in [6.07, 6.45) is 2.11. The van der Waals surface area contributed by atoms with Gasteiger partial charge in [0.05, 0.1) is 0 Å². The molecule has 1 aromatic rings. The highest BCUT2D eigenvalue weighted by Crippen LogP contribution is 2.35. The van der Waals surface area contributed by atoms with Gasteiger partial charge < -0.3 is 5.73 Å². The SMILES string of the molecule is N#Cc1cc2c(s1)CCC2N. The van der Waals surface area contributed by atoms with Gasteiger partial charge in [-0.15, -0.1) is 11.3 Å². The van der Waals surface area contributed by atoms with E-state index in [-0.39, 0.29) is 6.04 Å². The highest BCUT2D eigenvalue weighted by molar-refractivity contribution is 7.12. The van der Waals surface area contributed by atoms with Crippen LogP contribution in [-0.4, -0.2) is 0 Å². The van der Waals surface area contributed by atoms with E-state index < -0.39 is 0 Å². The highest BCUT2D eigenvalue weighted by Gasteiger charge is 2.21. The van der Waals surface area contributed by atoms with Gasteiger partial charge in [-0.05, 0) is 24.5 Å². The fraction of sp³-hybridized carbons (Fsp3) is 0.375. The van der Waals surface area contributed by atoms with Gasteiger partial charge in [0, 0.05) is 10.9 Å². The van der Waals surface area contributed by atoms with Crippen LogP contribution in [0.1, 0.15) is 27.8 Å². The van der Waals surface area contributed by atoms with Gasteiger partial charge in [0.15, 0.2) is 0 Å². The minimum Gasteiger partial charge on any atom is -0.324 e. The van der Waals surface area contributed by atoms with Crippen LogP contribution in [0.5, 0.6) is 0 Å². The molecule has 1 heterocycles. The summed E-state index contributed by atoms with van der Waals surface area (Å²) in [6.45, 7) is 0. The van der Waals surface area contributed by atoms with Gasteiger partial charge in [-0.2, -0.15) is 5.26 Å². The average Bonchev–Trinajstić information content (AvgIpc) is 2.53. The molecule has 0 saturated heterocycles. The van der Waals surface area contributed by atoms with Crippen LogP contribution in [0.15, 0.2) is 6.07 Å². The lowest BCUT2D eigenvalue weighted by molar-refractivity contribution is 0.713. The molecule has 2 nitrogen and oxygen atoms in total. The molecule has 3 heteroatoms. The molecule has 0 aromatic carbocycles. The molecule has 56 valence electrons. The maximum atomic E-state index is 8.60. The van der Waals surface area contributed by atoms with Crippen molar-refractivity contribution in [2.45, 2.75) is 18.9 Å². The van der Waals surface area contributed by atoms with E-state index in [2.05, 4.69) is 6.07 Å². The summed E-state index contributed by atoms with van der Waals surface area (Å²) in [6, 6.07) is 4.25. The fourth-order valence-electron chi connectivity index (χ4n) is 1.45. The zero-order valence-corrected chi connectivity index (χ0v) is 6.82. The van der Waals surface area contributed by atoms with E-state index in [0.29, 0.717) is 0 Å². The van der Waals surface area contributed by atoms with Crippen LogP contribution in [0.2, 0.25) is 0 Å². The molecule has 1 unspecified atom stereocenters. The van der Waals surface area contributed by atoms with Crippen molar-refractivity contribution in [3.63, 3.8) is 0 Å². The van der Waals surface area contributed by atoms with E-state index in [4.69, 9.17) is 11.0 Å². The zero-order chi connectivity index (χ0) is 7.84. The van der Waals surface area contributed by atoms with Gasteiger partial charge >= 0.3 is 0 Å². The molecule has 0 spiro atoms. The zero-order valence-electron chi connectivity index (χ0n) is 6.00. The number of nitrogens with zero attached hydrogens (tertiary/aromatic N) is 1. The minimum absolute atomic E-state index is 0.184. The van der Waals surface area contributed by atoms with Crippen LogP contribution in [0.25, 0.3) is 0 Å². The van der Waals surface area contributed by atoms with Gasteiger partial charge in [0.25, 0.3) is 0 Å². The lowest BCUT2D eigenvalue weighted by Crippen LogP contribution is -2.04. The monoisotopic (exact) mass is 164 g/mol. The first-order valence-electron chi connectivity index (χ1n) is 3.59. The highest BCUT2D eigenvalue weighted by atomic mass is 32.1. The third kappa shape index (κ3) is 0.953. The Labute approximate surface area is 69.3 Å². The van der Waals surface area contributed by atoms with Crippen molar-refractivity contribution in [2.24, 2.45) is 5.73 Å². The second kappa shape index (κ2) is 2.33. The maximum Gasteiger partial charge on any atom is 0.110 e. The quantitative estimate of drug-likeness (QED) is 0.632. The van der Waals surface area contributed by atoms with E-state index >= 15 is 0 Å². The second-order valence-corrected chi connectivity index (χ2v) is 3.88. The molecular weight excluding hydrogens is 156 g/mol. The molecule has 1 aromatic heterocycles. The summed E-state index contributed by atoms with van der Waals surface area (Å²) < 4.78 is 0. The van der Waals surface area contributed by atoms with Crippen molar-refractivity contribution in [3.05, 3.63) is 21.4 Å². The van der Waals surface area contributed by atoms with Gasteiger partial charge in [-0.3, -0.25) is 0 Å². The van der Waals surface area contributed by atoms with Crippen molar-refractivity contribution < 1.29 is 0 Å². The Morgan fingerprint density at radius 1 is 1.73 bits per heavy atom. The van der Waals surface area contributed by atoms with Crippen molar-refractivity contribution in [2.75, 3.05) is 0 Å². The number of fused-ring (bicyclic) bond motifs is 1. The molecule has 2 N–H and O–H groups in total. The van der Waals surface area contributed by atoms with E-state index in [1.54, 1.807) is 11.3 Å². The third-order valence-electron chi connectivity index (χ3n) is 2.03. The molecular formula is C8H8N2S. The first-order chi connectivity index (χ1) is 5.31. The molecule has 0 saturated carbocycles. The summed E-state index contributed by atoms with van der Waals surface area (Å²) in [7, 11) is 0. The topological polar surface area (TPSA) is 49.8 Å². The Balaban J connectivity index is 2.48. The average molecular weight is 164 g/mol. The number of hydrogen-bond acceptors (Lipinski definition) is 3. The molecule has 0 radical (unpaired) electrons. The Morgan fingerprint density at radius 3 is 3.18 bits per heavy atom. The molecule has 0 amide bonds. The molecule has 1 aliphatic carbocycles. The molecule has 2 rings (SSSR count). The predicted molar refractivity (Wildman–Crippen MR) is 44.3 cm³/mol. The lowest BCUT2D eigenvalue weighted by Gasteiger charge is -1.97. The van der Waals surface area contributed by atoms with Crippen molar-refractivity contribution >= 4 is 11.3 Å². The molecule has 0 bridgehead atoms. The van der Waals surface area contributed by atoms with Crippen LogP contribution in [0.4, 0.5) is 0 Å². The first-order valence-corrected chi connectivity index (χ1v) is 4.41. The largest absolute Gasteiger partial charge is 0.324 e. The van der Waals surface area contributed by atoms with Crippen LogP contribution in [0.3, 0.4) is 0 Å². The normalized spacial score (nSPS) is 21.3. The van der Waals surface area contributed by atoms with Gasteiger partial charge in [0.1, 0.15) is 10.9 Å². The maximum absolute atomic E-state index is 8.60. The van der Waals surface area contributed by atoms with Crippen LogP contribution >= 0.6 is 11.3 Å². The minimum atomic E-state index is 0.184. The summed E-state index contributed by atoms with van der Waals surface area (Å²) in [5.74, 6) is 0. The smallest absolute Gasteiger partial charge is 0.110 e. The molecule has 11 heavy (non-hydrogen) atoms. The molecule has 0 aliphatic heterocycles. The Morgan fingerprint density at radius 2 is 2.55 bits per heavy atom. The van der Waals surface area contributed by atoms with E-state index in [0.717, 1.165) is 17.7 Å². The number of rotatable bonds is 0. The fourth-order valence-corrected chi connectivity index (χ4v) is 2.49. The molecule has 1 aliphatic rings. The third-order valence-corrected chi connectivity index (χ3v) is 3.15. The number of hydrogen-bond donors (Lipinski definition) is 1. The summed E-state index contributed by atoms with van der Waals surface area (Å²) in [5.41, 5.74) is 7.01. The standard InChI is InChI=1S/C8H8N2S/c9-4-5-3-6-7(10)1-2-8(6)11-5/h3,7H,1-2,10H2. The van der Waals surface area contributed by atoms with E-state index in [1.165, 1.54) is 10.4 Å². The number of nitrogens with two attached hydrogens (primary N) is 1. The summed E-state index contributed by atoms with van der Waals surface area (Å²) >= 11 is 1.58. The second-order valence-electron chi connectivity index (χ2n) is 2.75. The Kier molecular flexibility index (Phi) is 1.45. The predicted octanol–water partition coefficient (Wildman–Crippen LogP) is 1.57. The molecule has 1 atom stereocenters. The number of thiophene rings is 1. The first kappa shape index (κ1) is 6.84. The number of aryl methyl sites for hydroxylation is 1. The van der Waals surface area contributed by atoms with Gasteiger partial charge in [0.2, 0.25) is 0 Å². The van der Waals surface area contributed by atoms with Crippen LogP contribution < -0.4 is 5.73 Å². The number of nitriles is 1. The molecule has 0 fully saturated rings. The van der Waals surface area contributed by atoms with Gasteiger partial charge in [-0.1, -0.05) is 0 Å². The summed E-state index contributed by atoms with van der Waals surface area (Å²) in [5, 5.41) is 8.60. The van der Waals surface area contributed by atoms with Crippen LogP contribution in [0, 0.1) is 11.3 Å². The summed E-state index contributed by atoms with van der Waals surface area (Å²) in [4.78, 5) is 2.11. The van der Waals surface area contributed by atoms with Crippen molar-refractivity contribution in [3.8, 4) is 6.07 Å². The van der Waals surface area contributed by atoms with E-state index in [9.17, 15) is 0 Å². The van der Waals surface area contributed by atoms with Crippen LogP contribution in [-0.2, 0) is 6.42 Å². The Hall–Kier alpha value is -0.850. The van der Waals surface area contributed by atoms with Crippen molar-refractivity contribution in [1.29, 1.82) is 5.26 Å². The lowest BCUT2D eigenvalue weighted by atomic mass is 10.2. The van der Waals surface area contributed by atoms with Gasteiger partial charge in [-0.25, -0.2) is 0 Å². The van der Waals surface area contributed by atoms with Crippen molar-refractivity contribution in [1.82, 2.24) is 0 Å². The Bertz CT molecular complexity index is 321. The van der Waals surface area contributed by atoms with E-state index in [1.807, 2.05) is 6.07 Å².